The number of piperazine rings is 1. The van der Waals surface area contributed by atoms with Crippen molar-refractivity contribution in [3.63, 3.8) is 0 Å². The van der Waals surface area contributed by atoms with Crippen LogP contribution in [-0.4, -0.2) is 59.0 Å². The molecule has 1 aromatic carbocycles. The van der Waals surface area contributed by atoms with Gasteiger partial charge in [-0.05, 0) is 32.4 Å². The molecule has 0 spiro atoms. The lowest BCUT2D eigenvalue weighted by atomic mass is 10.0. The van der Waals surface area contributed by atoms with Crippen LogP contribution in [0.1, 0.15) is 49.5 Å². The van der Waals surface area contributed by atoms with E-state index in [0.717, 1.165) is 19.6 Å². The van der Waals surface area contributed by atoms with Crippen LogP contribution in [0.4, 0.5) is 0 Å². The fraction of sp³-hybridized carbons (Fsp3) is 0.632. The molecule has 2 rings (SSSR count). The number of carbonyl (C=O) groups is 1. The molecular formula is C19H30N2O2. The Morgan fingerprint density at radius 1 is 1.17 bits per heavy atom. The first-order valence-electron chi connectivity index (χ1n) is 8.76. The second kappa shape index (κ2) is 8.57. The van der Waals surface area contributed by atoms with Gasteiger partial charge in [-0.15, -0.1) is 0 Å². The predicted molar refractivity (Wildman–Crippen MR) is 93.7 cm³/mol. The molecule has 1 fully saturated rings. The number of aliphatic hydroxyl groups excluding tert-OH is 1. The largest absolute Gasteiger partial charge is 0.388 e. The summed E-state index contributed by atoms with van der Waals surface area (Å²) in [4.78, 5) is 16.6. The third-order valence-electron chi connectivity index (χ3n) is 4.77. The van der Waals surface area contributed by atoms with E-state index in [4.69, 9.17) is 5.11 Å². The van der Waals surface area contributed by atoms with Crippen molar-refractivity contribution in [3.05, 3.63) is 35.4 Å². The highest BCUT2D eigenvalue weighted by molar-refractivity contribution is 5.96. The van der Waals surface area contributed by atoms with Crippen LogP contribution in [0, 0.1) is 0 Å². The monoisotopic (exact) mass is 318 g/mol. The molecule has 0 saturated carbocycles. The maximum absolute atomic E-state index is 11.5. The minimum Gasteiger partial charge on any atom is -0.388 e. The average Bonchev–Trinajstić information content (AvgIpc) is 2.54. The van der Waals surface area contributed by atoms with Crippen molar-refractivity contribution in [2.45, 2.75) is 52.2 Å². The summed E-state index contributed by atoms with van der Waals surface area (Å²) >= 11 is 0. The van der Waals surface area contributed by atoms with Gasteiger partial charge in [-0.2, -0.15) is 0 Å². The maximum Gasteiger partial charge on any atom is 0.188 e. The Morgan fingerprint density at radius 2 is 1.78 bits per heavy atom. The number of hydrogen-bond donors (Lipinski definition) is 1. The van der Waals surface area contributed by atoms with Crippen LogP contribution in [0.5, 0.6) is 0 Å². The number of rotatable bonds is 7. The van der Waals surface area contributed by atoms with Crippen LogP contribution in [0.25, 0.3) is 0 Å². The quantitative estimate of drug-likeness (QED) is 0.785. The van der Waals surface area contributed by atoms with Gasteiger partial charge in [0.2, 0.25) is 0 Å². The zero-order valence-electron chi connectivity index (χ0n) is 14.7. The summed E-state index contributed by atoms with van der Waals surface area (Å²) in [6.07, 6.45) is 2.52. The Balaban J connectivity index is 1.92. The van der Waals surface area contributed by atoms with E-state index in [0.29, 0.717) is 17.6 Å². The van der Waals surface area contributed by atoms with Crippen LogP contribution in [0.3, 0.4) is 0 Å². The topological polar surface area (TPSA) is 43.8 Å². The summed E-state index contributed by atoms with van der Waals surface area (Å²) in [6.45, 7) is 10.8. The van der Waals surface area contributed by atoms with Gasteiger partial charge in [0.15, 0.2) is 5.78 Å². The van der Waals surface area contributed by atoms with Gasteiger partial charge in [-0.25, -0.2) is 0 Å². The Kier molecular flexibility index (Phi) is 6.75. The van der Waals surface area contributed by atoms with Crippen LogP contribution < -0.4 is 0 Å². The van der Waals surface area contributed by atoms with Crippen LogP contribution >= 0.6 is 0 Å². The van der Waals surface area contributed by atoms with E-state index in [1.165, 1.54) is 24.9 Å². The third kappa shape index (κ3) is 4.87. The maximum atomic E-state index is 11.5. The van der Waals surface area contributed by atoms with Gasteiger partial charge in [0.1, 0.15) is 6.61 Å². The Hall–Kier alpha value is -1.23. The number of nitrogens with zero attached hydrogens (tertiary/aromatic N) is 2. The van der Waals surface area contributed by atoms with Gasteiger partial charge in [-0.1, -0.05) is 37.6 Å². The second-order valence-electron chi connectivity index (χ2n) is 6.76. The number of carbonyl (C=O) groups excluding carboxylic acids is 1. The van der Waals surface area contributed by atoms with E-state index in [-0.39, 0.29) is 5.78 Å². The summed E-state index contributed by atoms with van der Waals surface area (Å²) in [7, 11) is 0. The molecule has 0 bridgehead atoms. The minimum absolute atomic E-state index is 0.219. The van der Waals surface area contributed by atoms with E-state index in [9.17, 15) is 4.79 Å². The molecule has 1 aliphatic heterocycles. The molecule has 4 heteroatoms. The zero-order chi connectivity index (χ0) is 16.8. The van der Waals surface area contributed by atoms with Crippen molar-refractivity contribution in [3.8, 4) is 0 Å². The lowest BCUT2D eigenvalue weighted by Crippen LogP contribution is -2.56. The van der Waals surface area contributed by atoms with E-state index in [1.807, 2.05) is 24.3 Å². The van der Waals surface area contributed by atoms with Crippen molar-refractivity contribution >= 4 is 5.78 Å². The third-order valence-corrected chi connectivity index (χ3v) is 4.77. The molecule has 23 heavy (non-hydrogen) atoms. The van der Waals surface area contributed by atoms with Crippen molar-refractivity contribution in [1.29, 1.82) is 0 Å². The number of unbranched alkanes of at least 4 members (excludes halogenated alkanes) is 1. The molecular weight excluding hydrogens is 288 g/mol. The van der Waals surface area contributed by atoms with Gasteiger partial charge in [0, 0.05) is 37.3 Å². The van der Waals surface area contributed by atoms with Gasteiger partial charge in [0.25, 0.3) is 0 Å². The fourth-order valence-electron chi connectivity index (χ4n) is 3.52. The molecule has 4 nitrogen and oxygen atoms in total. The summed E-state index contributed by atoms with van der Waals surface area (Å²) in [6, 6.07) is 8.81. The van der Waals surface area contributed by atoms with Crippen LogP contribution in [-0.2, 0) is 6.54 Å². The Morgan fingerprint density at radius 3 is 2.30 bits per heavy atom. The van der Waals surface area contributed by atoms with E-state index in [2.05, 4.69) is 30.6 Å². The highest BCUT2D eigenvalue weighted by Crippen LogP contribution is 2.19. The van der Waals surface area contributed by atoms with E-state index < -0.39 is 6.61 Å². The van der Waals surface area contributed by atoms with Crippen LogP contribution in [0.2, 0.25) is 0 Å². The summed E-state index contributed by atoms with van der Waals surface area (Å²) in [5, 5.41) is 8.90. The van der Waals surface area contributed by atoms with Crippen molar-refractivity contribution in [1.82, 2.24) is 9.80 Å². The number of hydrogen-bond acceptors (Lipinski definition) is 4. The highest BCUT2D eigenvalue weighted by atomic mass is 16.3. The first-order valence-corrected chi connectivity index (χ1v) is 8.76. The number of aliphatic hydroxyl groups is 1. The molecule has 0 aliphatic carbocycles. The van der Waals surface area contributed by atoms with Crippen molar-refractivity contribution in [2.75, 3.05) is 26.2 Å². The summed E-state index contributed by atoms with van der Waals surface area (Å²) in [5.41, 5.74) is 1.81. The molecule has 0 amide bonds. The molecule has 0 radical (unpaired) electrons. The van der Waals surface area contributed by atoms with Crippen LogP contribution in [0.15, 0.2) is 24.3 Å². The summed E-state index contributed by atoms with van der Waals surface area (Å²) in [5.74, 6) is -0.219. The first-order chi connectivity index (χ1) is 11.0. The van der Waals surface area contributed by atoms with Crippen molar-refractivity contribution in [2.24, 2.45) is 0 Å². The number of ketones is 1. The summed E-state index contributed by atoms with van der Waals surface area (Å²) < 4.78 is 0. The molecule has 1 saturated heterocycles. The van der Waals surface area contributed by atoms with E-state index >= 15 is 0 Å². The molecule has 2 atom stereocenters. The number of Topliss-reactive ketones (excluding diaryl/α,β-unsaturated/α-hetero) is 1. The smallest absolute Gasteiger partial charge is 0.188 e. The molecule has 1 N–H and O–H groups in total. The molecule has 128 valence electrons. The molecule has 1 aliphatic rings. The lowest BCUT2D eigenvalue weighted by Gasteiger charge is -2.44. The predicted octanol–water partition coefficient (Wildman–Crippen LogP) is 2.56. The Bertz CT molecular complexity index is 489. The van der Waals surface area contributed by atoms with Gasteiger partial charge in [0.05, 0.1) is 0 Å². The zero-order valence-corrected chi connectivity index (χ0v) is 14.7. The van der Waals surface area contributed by atoms with E-state index in [1.54, 1.807) is 0 Å². The minimum atomic E-state index is -0.423. The molecule has 0 aromatic heterocycles. The molecule has 1 aromatic rings. The lowest BCUT2D eigenvalue weighted by molar-refractivity contribution is 0.0341. The Labute approximate surface area is 140 Å². The average molecular weight is 318 g/mol. The molecule has 1 heterocycles. The highest BCUT2D eigenvalue weighted by Gasteiger charge is 2.28. The second-order valence-corrected chi connectivity index (χ2v) is 6.76. The van der Waals surface area contributed by atoms with Crippen molar-refractivity contribution < 1.29 is 9.90 Å². The van der Waals surface area contributed by atoms with Gasteiger partial charge < -0.3 is 5.11 Å². The van der Waals surface area contributed by atoms with Gasteiger partial charge >= 0.3 is 0 Å². The molecule has 0 unspecified atom stereocenters. The standard InChI is InChI=1S/C19H30N2O2/c1-4-5-10-21-15(2)11-20(12-16(21)3)13-17-6-8-18(9-7-17)19(23)14-22/h6-9,15-16,22H,4-5,10-14H2,1-3H3/t15-,16+. The SMILES string of the molecule is CCCCN1[C@H](C)CN(Cc2ccc(C(=O)CO)cc2)C[C@@H]1C. The normalized spacial score (nSPS) is 23.1. The van der Waals surface area contributed by atoms with Gasteiger partial charge in [-0.3, -0.25) is 14.6 Å². The number of benzene rings is 1. The fourth-order valence-corrected chi connectivity index (χ4v) is 3.52. The first kappa shape index (κ1) is 18.1.